The molecule has 0 fully saturated rings. The molecule has 2 unspecified atom stereocenters. The second-order valence-corrected chi connectivity index (χ2v) is 6.23. The van der Waals surface area contributed by atoms with E-state index in [-0.39, 0.29) is 0 Å². The minimum absolute atomic E-state index is 0.327. The van der Waals surface area contributed by atoms with Crippen molar-refractivity contribution in [3.63, 3.8) is 0 Å². The lowest BCUT2D eigenvalue weighted by atomic mass is 9.82. The Kier molecular flexibility index (Phi) is 3.26. The molecule has 1 aliphatic carbocycles. The maximum atomic E-state index is 3.05. The Labute approximate surface area is 91.1 Å². The van der Waals surface area contributed by atoms with Crippen LogP contribution in [0.3, 0.4) is 0 Å². The summed E-state index contributed by atoms with van der Waals surface area (Å²) in [6.07, 6.45) is 1.21. The molecule has 0 bridgehead atoms. The zero-order valence-corrected chi connectivity index (χ0v) is 11.5. The van der Waals surface area contributed by atoms with Gasteiger partial charge in [0.1, 0.15) is 0 Å². The summed E-state index contributed by atoms with van der Waals surface area (Å²) in [5.74, 6) is 0.637. The highest BCUT2D eigenvalue weighted by molar-refractivity contribution is 7.19. The molecule has 0 radical (unpaired) electrons. The first kappa shape index (κ1) is 12.0. The van der Waals surface area contributed by atoms with Crippen LogP contribution in [0.25, 0.3) is 0 Å². The van der Waals surface area contributed by atoms with Crippen molar-refractivity contribution in [2.75, 3.05) is 0 Å². The Hall–Kier alpha value is -0.0900. The second kappa shape index (κ2) is 3.81. The van der Waals surface area contributed by atoms with Crippen LogP contribution in [0.15, 0.2) is 22.3 Å². The number of rotatable bonds is 2. The van der Waals surface area contributed by atoms with Gasteiger partial charge in [0.15, 0.2) is 0 Å². The van der Waals surface area contributed by atoms with Gasteiger partial charge in [-0.2, -0.15) is 0 Å². The van der Waals surface area contributed by atoms with E-state index in [2.05, 4.69) is 50.8 Å². The van der Waals surface area contributed by atoms with E-state index < -0.39 is 0 Å². The maximum Gasteiger partial charge on any atom is 0.0101 e. The van der Waals surface area contributed by atoms with Gasteiger partial charge in [-0.25, -0.2) is 0 Å². The fourth-order valence-corrected chi connectivity index (χ4v) is 3.04. The van der Waals surface area contributed by atoms with Crippen LogP contribution in [0.5, 0.6) is 0 Å². The van der Waals surface area contributed by atoms with Crippen molar-refractivity contribution in [1.82, 2.24) is 0 Å². The monoisotopic (exact) mass is 210 g/mol. The summed E-state index contributed by atoms with van der Waals surface area (Å²) in [6.45, 7) is 13.7. The molecule has 0 saturated carbocycles. The van der Waals surface area contributed by atoms with E-state index in [0.717, 1.165) is 0 Å². The lowest BCUT2D eigenvalue weighted by Crippen LogP contribution is -2.27. The van der Waals surface area contributed by atoms with Crippen molar-refractivity contribution in [2.45, 2.75) is 53.1 Å². The molecule has 0 N–H and O–H groups in total. The first-order valence-corrected chi connectivity index (χ1v) is 6.04. The minimum Gasteiger partial charge on any atom is -0.130 e. The first-order valence-electron chi connectivity index (χ1n) is 5.47. The topological polar surface area (TPSA) is 0 Å². The van der Waals surface area contributed by atoms with Crippen LogP contribution in [-0.2, 0) is 0 Å². The molecule has 0 aromatic carbocycles. The Morgan fingerprint density at radius 1 is 1.07 bits per heavy atom. The van der Waals surface area contributed by atoms with Crippen molar-refractivity contribution in [2.24, 2.45) is 5.92 Å². The van der Waals surface area contributed by atoms with Gasteiger partial charge < -0.3 is 0 Å². The second-order valence-electron chi connectivity index (χ2n) is 4.91. The van der Waals surface area contributed by atoms with E-state index in [4.69, 9.17) is 0 Å². The molecule has 1 rings (SSSR count). The third-order valence-corrected chi connectivity index (χ3v) is 4.77. The van der Waals surface area contributed by atoms with Crippen LogP contribution in [-0.4, -0.2) is 5.16 Å². The summed E-state index contributed by atoms with van der Waals surface area (Å²) in [4.78, 5) is 0. The minimum atomic E-state index is 0.327. The van der Waals surface area contributed by atoms with E-state index >= 15 is 0 Å². The van der Waals surface area contributed by atoms with Gasteiger partial charge >= 0.3 is 0 Å². The lowest BCUT2D eigenvalue weighted by molar-refractivity contribution is 0.499. The SMILES string of the molecule is CCC(C)(P)C1C(C)=C(C)C(C)=C1C. The fraction of sp³-hybridized carbons (Fsp3) is 0.692. The molecule has 14 heavy (non-hydrogen) atoms. The van der Waals surface area contributed by atoms with Crippen LogP contribution in [0.4, 0.5) is 0 Å². The largest absolute Gasteiger partial charge is 0.130 e. The van der Waals surface area contributed by atoms with Crippen molar-refractivity contribution in [3.05, 3.63) is 22.3 Å². The number of hydrogen-bond acceptors (Lipinski definition) is 0. The third-order valence-electron chi connectivity index (χ3n) is 4.03. The highest BCUT2D eigenvalue weighted by Crippen LogP contribution is 2.47. The average molecular weight is 210 g/mol. The van der Waals surface area contributed by atoms with Gasteiger partial charge in [0.25, 0.3) is 0 Å². The Balaban J connectivity index is 3.16. The van der Waals surface area contributed by atoms with E-state index in [0.29, 0.717) is 11.1 Å². The molecule has 80 valence electrons. The van der Waals surface area contributed by atoms with Crippen LogP contribution in [0.1, 0.15) is 48.0 Å². The summed E-state index contributed by atoms with van der Waals surface area (Å²) in [6, 6.07) is 0. The molecule has 2 atom stereocenters. The highest BCUT2D eigenvalue weighted by atomic mass is 31.0. The van der Waals surface area contributed by atoms with Gasteiger partial charge in [-0.3, -0.25) is 0 Å². The summed E-state index contributed by atoms with van der Waals surface area (Å²) in [7, 11) is 3.05. The number of hydrogen-bond donors (Lipinski definition) is 0. The molecule has 0 aromatic rings. The van der Waals surface area contributed by atoms with Crippen molar-refractivity contribution >= 4 is 9.24 Å². The van der Waals surface area contributed by atoms with Gasteiger partial charge in [-0.1, -0.05) is 25.0 Å². The maximum absolute atomic E-state index is 3.05. The third kappa shape index (κ3) is 1.70. The van der Waals surface area contributed by atoms with Gasteiger partial charge in [0, 0.05) is 5.92 Å². The molecule has 1 aliphatic rings. The predicted molar refractivity (Wildman–Crippen MR) is 68.6 cm³/mol. The summed E-state index contributed by atoms with van der Waals surface area (Å²) >= 11 is 0. The molecular formula is C13H23P. The van der Waals surface area contributed by atoms with Crippen molar-refractivity contribution in [1.29, 1.82) is 0 Å². The summed E-state index contributed by atoms with van der Waals surface area (Å²) in [5.41, 5.74) is 6.16. The van der Waals surface area contributed by atoms with Gasteiger partial charge in [0.05, 0.1) is 0 Å². The van der Waals surface area contributed by atoms with E-state index in [1.54, 1.807) is 11.1 Å². The lowest BCUT2D eigenvalue weighted by Gasteiger charge is -2.33. The van der Waals surface area contributed by atoms with Crippen molar-refractivity contribution < 1.29 is 0 Å². The van der Waals surface area contributed by atoms with Crippen LogP contribution < -0.4 is 0 Å². The Morgan fingerprint density at radius 3 is 1.71 bits per heavy atom. The predicted octanol–water partition coefficient (Wildman–Crippen LogP) is 4.33. The van der Waals surface area contributed by atoms with Crippen LogP contribution >= 0.6 is 9.24 Å². The Bertz CT molecular complexity index is 281. The summed E-state index contributed by atoms with van der Waals surface area (Å²) < 4.78 is 0. The molecule has 1 heteroatoms. The average Bonchev–Trinajstić information content (AvgIpc) is 2.31. The van der Waals surface area contributed by atoms with Crippen molar-refractivity contribution in [3.8, 4) is 0 Å². The summed E-state index contributed by atoms with van der Waals surface area (Å²) in [5, 5.41) is 0.327. The molecule has 0 aliphatic heterocycles. The molecule has 0 spiro atoms. The molecule has 0 heterocycles. The zero-order valence-electron chi connectivity index (χ0n) is 10.4. The van der Waals surface area contributed by atoms with E-state index in [1.165, 1.54) is 17.6 Å². The first-order chi connectivity index (χ1) is 6.33. The van der Waals surface area contributed by atoms with Crippen LogP contribution in [0, 0.1) is 5.92 Å². The number of allylic oxidation sites excluding steroid dienone is 4. The van der Waals surface area contributed by atoms with E-state index in [1.807, 2.05) is 0 Å². The molecule has 0 aromatic heterocycles. The Morgan fingerprint density at radius 2 is 1.43 bits per heavy atom. The smallest absolute Gasteiger partial charge is 0.0101 e. The molecule has 0 saturated heterocycles. The highest BCUT2D eigenvalue weighted by Gasteiger charge is 2.35. The molecule has 0 nitrogen and oxygen atoms in total. The quantitative estimate of drug-likeness (QED) is 0.595. The van der Waals surface area contributed by atoms with Gasteiger partial charge in [0.2, 0.25) is 0 Å². The molecular weight excluding hydrogens is 187 g/mol. The molecule has 0 amide bonds. The van der Waals surface area contributed by atoms with E-state index in [9.17, 15) is 0 Å². The fourth-order valence-electron chi connectivity index (χ4n) is 2.54. The normalized spacial score (nSPS) is 23.4. The zero-order chi connectivity index (χ0) is 11.1. The standard InChI is InChI=1S/C13H23P/c1-7-13(6,14)12-10(4)8(2)9(3)11(12)5/h12H,7,14H2,1-6H3. The van der Waals surface area contributed by atoms with Gasteiger partial charge in [-0.05, 0) is 50.4 Å². The van der Waals surface area contributed by atoms with Gasteiger partial charge in [-0.15, -0.1) is 9.24 Å². The van der Waals surface area contributed by atoms with Crippen LogP contribution in [0.2, 0.25) is 0 Å².